The van der Waals surface area contributed by atoms with Gasteiger partial charge in [-0.2, -0.15) is 0 Å². The predicted octanol–water partition coefficient (Wildman–Crippen LogP) is 1.97. The maximum atomic E-state index is 13.6. The Balaban J connectivity index is 1.97. The Labute approximate surface area is 118 Å². The molecule has 1 amide bonds. The fourth-order valence-electron chi connectivity index (χ4n) is 2.69. The van der Waals surface area contributed by atoms with Crippen molar-refractivity contribution in [2.45, 2.75) is 19.3 Å². The molecule has 2 rings (SSSR count). The quantitative estimate of drug-likeness (QED) is 0.915. The summed E-state index contributed by atoms with van der Waals surface area (Å²) in [7, 11) is 1.90. The lowest BCUT2D eigenvalue weighted by Crippen LogP contribution is -2.43. The van der Waals surface area contributed by atoms with Gasteiger partial charge in [0.15, 0.2) is 0 Å². The molecule has 1 aliphatic heterocycles. The molecule has 20 heavy (non-hydrogen) atoms. The van der Waals surface area contributed by atoms with Crippen LogP contribution in [0.5, 0.6) is 0 Å². The smallest absolute Gasteiger partial charge is 0.227 e. The summed E-state index contributed by atoms with van der Waals surface area (Å²) in [6.07, 6.45) is 2.08. The van der Waals surface area contributed by atoms with Gasteiger partial charge in [-0.3, -0.25) is 4.79 Å². The maximum Gasteiger partial charge on any atom is 0.227 e. The topological polar surface area (TPSA) is 32.3 Å². The zero-order valence-corrected chi connectivity index (χ0v) is 11.7. The molecule has 0 aliphatic carbocycles. The van der Waals surface area contributed by atoms with Crippen LogP contribution in [-0.2, 0) is 11.2 Å². The highest BCUT2D eigenvalue weighted by molar-refractivity contribution is 5.78. The summed E-state index contributed by atoms with van der Waals surface area (Å²) in [5.41, 5.74) is 0.257. The second-order valence-electron chi connectivity index (χ2n) is 5.32. The minimum absolute atomic E-state index is 0.00160. The Hall–Kier alpha value is -1.49. The minimum Gasteiger partial charge on any atom is -0.342 e. The number of hydrogen-bond donors (Lipinski definition) is 1. The first-order chi connectivity index (χ1) is 9.60. The van der Waals surface area contributed by atoms with Crippen LogP contribution in [-0.4, -0.2) is 37.5 Å². The average Bonchev–Trinajstić information content (AvgIpc) is 2.42. The van der Waals surface area contributed by atoms with E-state index in [4.69, 9.17) is 0 Å². The van der Waals surface area contributed by atoms with Gasteiger partial charge < -0.3 is 10.2 Å². The molecule has 1 atom stereocenters. The van der Waals surface area contributed by atoms with Gasteiger partial charge in [0.25, 0.3) is 0 Å². The van der Waals surface area contributed by atoms with E-state index in [9.17, 15) is 13.6 Å². The lowest BCUT2D eigenvalue weighted by atomic mass is 9.97. The van der Waals surface area contributed by atoms with Gasteiger partial charge in [0.05, 0.1) is 6.42 Å². The molecule has 0 radical (unpaired) electrons. The number of likely N-dealkylation sites (tertiary alicyclic amines) is 1. The first-order valence-corrected chi connectivity index (χ1v) is 6.96. The third-order valence-electron chi connectivity index (χ3n) is 3.72. The highest BCUT2D eigenvalue weighted by Gasteiger charge is 2.23. The molecule has 1 aliphatic rings. The van der Waals surface area contributed by atoms with E-state index >= 15 is 0 Å². The predicted molar refractivity (Wildman–Crippen MR) is 73.3 cm³/mol. The fraction of sp³-hybridized carbons (Fsp3) is 0.533. The van der Waals surface area contributed by atoms with Crippen LogP contribution in [0.4, 0.5) is 8.78 Å². The van der Waals surface area contributed by atoms with Crippen LogP contribution in [0, 0.1) is 17.6 Å². The molecule has 3 nitrogen and oxygen atoms in total. The molecule has 1 fully saturated rings. The third kappa shape index (κ3) is 3.76. The van der Waals surface area contributed by atoms with Gasteiger partial charge in [-0.25, -0.2) is 8.78 Å². The lowest BCUT2D eigenvalue weighted by Gasteiger charge is -2.32. The Morgan fingerprint density at radius 3 is 2.95 bits per heavy atom. The number of carbonyl (C=O) groups excluding carboxylic acids is 1. The molecule has 5 heteroatoms. The van der Waals surface area contributed by atoms with Gasteiger partial charge >= 0.3 is 0 Å². The van der Waals surface area contributed by atoms with Crippen molar-refractivity contribution in [1.82, 2.24) is 10.2 Å². The summed E-state index contributed by atoms with van der Waals surface area (Å²) in [5, 5.41) is 3.12. The number of benzene rings is 1. The lowest BCUT2D eigenvalue weighted by molar-refractivity contribution is -0.132. The van der Waals surface area contributed by atoms with E-state index < -0.39 is 11.6 Å². The van der Waals surface area contributed by atoms with Crippen LogP contribution in [0.3, 0.4) is 0 Å². The second-order valence-corrected chi connectivity index (χ2v) is 5.32. The molecule has 110 valence electrons. The summed E-state index contributed by atoms with van der Waals surface area (Å²) in [5.74, 6) is -0.903. The SMILES string of the molecule is CNC[C@H]1CCCN(C(=O)Cc2ccc(F)cc2F)C1. The van der Waals surface area contributed by atoms with Gasteiger partial charge in [0.1, 0.15) is 11.6 Å². The molecule has 1 N–H and O–H groups in total. The monoisotopic (exact) mass is 282 g/mol. The van der Waals surface area contributed by atoms with Crippen molar-refractivity contribution < 1.29 is 13.6 Å². The zero-order chi connectivity index (χ0) is 14.5. The van der Waals surface area contributed by atoms with E-state index in [0.717, 1.165) is 32.0 Å². The van der Waals surface area contributed by atoms with E-state index in [1.54, 1.807) is 4.90 Å². The average molecular weight is 282 g/mol. The first-order valence-electron chi connectivity index (χ1n) is 6.96. The van der Waals surface area contributed by atoms with Crippen molar-refractivity contribution >= 4 is 5.91 Å². The number of piperidine rings is 1. The number of nitrogens with zero attached hydrogens (tertiary/aromatic N) is 1. The molecular weight excluding hydrogens is 262 g/mol. The molecular formula is C15H20F2N2O. The molecule has 1 saturated heterocycles. The van der Waals surface area contributed by atoms with E-state index in [-0.39, 0.29) is 17.9 Å². The zero-order valence-electron chi connectivity index (χ0n) is 11.7. The molecule has 1 aromatic rings. The Morgan fingerprint density at radius 1 is 1.45 bits per heavy atom. The summed E-state index contributed by atoms with van der Waals surface area (Å²) in [6.45, 7) is 2.32. The molecule has 0 unspecified atom stereocenters. The van der Waals surface area contributed by atoms with E-state index in [1.165, 1.54) is 12.1 Å². The molecule has 1 aromatic carbocycles. The van der Waals surface area contributed by atoms with Gasteiger partial charge in [-0.05, 0) is 44.0 Å². The van der Waals surface area contributed by atoms with Crippen LogP contribution >= 0.6 is 0 Å². The Morgan fingerprint density at radius 2 is 2.25 bits per heavy atom. The highest BCUT2D eigenvalue weighted by atomic mass is 19.1. The number of halogens is 2. The molecule has 0 saturated carbocycles. The summed E-state index contributed by atoms with van der Waals surface area (Å²) < 4.78 is 26.4. The van der Waals surface area contributed by atoms with Crippen molar-refractivity contribution in [1.29, 1.82) is 0 Å². The largest absolute Gasteiger partial charge is 0.342 e. The van der Waals surface area contributed by atoms with Crippen LogP contribution in [0.2, 0.25) is 0 Å². The van der Waals surface area contributed by atoms with Crippen LogP contribution in [0.25, 0.3) is 0 Å². The first kappa shape index (κ1) is 14.9. The van der Waals surface area contributed by atoms with Crippen molar-refractivity contribution in [2.75, 3.05) is 26.7 Å². The number of nitrogens with one attached hydrogen (secondary N) is 1. The van der Waals surface area contributed by atoms with E-state index in [1.807, 2.05) is 7.05 Å². The Bertz CT molecular complexity index is 477. The minimum atomic E-state index is -0.651. The van der Waals surface area contributed by atoms with Crippen LogP contribution in [0.15, 0.2) is 18.2 Å². The second kappa shape index (κ2) is 6.79. The molecule has 0 bridgehead atoms. The molecule has 0 aromatic heterocycles. The van der Waals surface area contributed by atoms with Gasteiger partial charge in [-0.1, -0.05) is 6.07 Å². The third-order valence-corrected chi connectivity index (χ3v) is 3.72. The summed E-state index contributed by atoms with van der Waals surface area (Å²) in [6, 6.07) is 3.35. The summed E-state index contributed by atoms with van der Waals surface area (Å²) >= 11 is 0. The van der Waals surface area contributed by atoms with Crippen molar-refractivity contribution in [3.05, 3.63) is 35.4 Å². The number of carbonyl (C=O) groups is 1. The fourth-order valence-corrected chi connectivity index (χ4v) is 2.69. The van der Waals surface area contributed by atoms with Crippen molar-refractivity contribution in [2.24, 2.45) is 5.92 Å². The number of hydrogen-bond acceptors (Lipinski definition) is 2. The van der Waals surface area contributed by atoms with Gasteiger partial charge in [0.2, 0.25) is 5.91 Å². The van der Waals surface area contributed by atoms with Gasteiger partial charge in [0, 0.05) is 19.2 Å². The van der Waals surface area contributed by atoms with E-state index in [2.05, 4.69) is 5.32 Å². The van der Waals surface area contributed by atoms with Crippen molar-refractivity contribution in [3.8, 4) is 0 Å². The number of amides is 1. The van der Waals surface area contributed by atoms with Crippen LogP contribution in [0.1, 0.15) is 18.4 Å². The Kier molecular flexibility index (Phi) is 5.06. The maximum absolute atomic E-state index is 13.6. The van der Waals surface area contributed by atoms with E-state index in [0.29, 0.717) is 12.5 Å². The standard InChI is InChI=1S/C15H20F2N2O/c1-18-9-11-3-2-6-19(10-11)15(20)7-12-4-5-13(16)8-14(12)17/h4-5,8,11,18H,2-3,6-7,9-10H2,1H3/t11-/m1/s1. The number of rotatable bonds is 4. The summed E-state index contributed by atoms with van der Waals surface area (Å²) in [4.78, 5) is 14.0. The van der Waals surface area contributed by atoms with Crippen LogP contribution < -0.4 is 5.32 Å². The highest BCUT2D eigenvalue weighted by Crippen LogP contribution is 2.18. The van der Waals surface area contributed by atoms with Crippen molar-refractivity contribution in [3.63, 3.8) is 0 Å². The van der Waals surface area contributed by atoms with Gasteiger partial charge in [-0.15, -0.1) is 0 Å². The molecule has 0 spiro atoms. The normalized spacial score (nSPS) is 19.1. The molecule has 1 heterocycles.